The number of halogens is 1. The van der Waals surface area contributed by atoms with Crippen molar-refractivity contribution in [2.45, 2.75) is 31.6 Å². The van der Waals surface area contributed by atoms with Crippen LogP contribution in [0.15, 0.2) is 35.8 Å². The van der Waals surface area contributed by atoms with Crippen LogP contribution in [-0.4, -0.2) is 22.0 Å². The summed E-state index contributed by atoms with van der Waals surface area (Å²) < 4.78 is 16.4. The molecule has 3 aromatic rings. The molecule has 1 aromatic carbocycles. The molecule has 0 atom stereocenters. The lowest BCUT2D eigenvalue weighted by Crippen LogP contribution is -2.42. The number of hydrogen-bond donors (Lipinski definition) is 0. The van der Waals surface area contributed by atoms with Crippen LogP contribution in [0.3, 0.4) is 0 Å². The van der Waals surface area contributed by atoms with Crippen molar-refractivity contribution < 1.29 is 9.18 Å². The van der Waals surface area contributed by atoms with Gasteiger partial charge in [0.2, 0.25) is 0 Å². The molecular weight excluding hydrogens is 361 g/mol. The Hall–Kier alpha value is -2.47. The van der Waals surface area contributed by atoms with E-state index in [1.165, 1.54) is 6.07 Å². The number of anilines is 1. The molecule has 2 aliphatic rings. The number of rotatable bonds is 2. The van der Waals surface area contributed by atoms with E-state index in [0.29, 0.717) is 12.2 Å². The minimum atomic E-state index is -0.198. The minimum absolute atomic E-state index is 0.0775. The molecule has 0 bridgehead atoms. The molecule has 2 aromatic heterocycles. The van der Waals surface area contributed by atoms with Crippen LogP contribution in [0, 0.1) is 12.7 Å². The number of hydrogen-bond acceptors (Lipinski definition) is 3. The van der Waals surface area contributed by atoms with Crippen molar-refractivity contribution in [3.05, 3.63) is 57.9 Å². The summed E-state index contributed by atoms with van der Waals surface area (Å²) in [5.41, 5.74) is 3.68. The molecule has 3 heterocycles. The number of amides is 1. The molecule has 1 aliphatic carbocycles. The van der Waals surface area contributed by atoms with Crippen molar-refractivity contribution >= 4 is 22.9 Å². The first-order chi connectivity index (χ1) is 13.0. The van der Waals surface area contributed by atoms with E-state index >= 15 is 0 Å². The number of aryl methyl sites for hydroxylation is 2. The maximum atomic E-state index is 14.6. The van der Waals surface area contributed by atoms with Gasteiger partial charge in [0.05, 0.1) is 16.4 Å². The third-order valence-electron chi connectivity index (χ3n) is 5.97. The van der Waals surface area contributed by atoms with E-state index in [4.69, 9.17) is 0 Å². The maximum Gasteiger partial charge on any atom is 0.274 e. The highest BCUT2D eigenvalue weighted by Crippen LogP contribution is 2.53. The Balaban J connectivity index is 1.54. The summed E-state index contributed by atoms with van der Waals surface area (Å²) >= 11 is 1.59. The Kier molecular flexibility index (Phi) is 3.56. The molecule has 1 amide bonds. The average molecular weight is 381 g/mol. The van der Waals surface area contributed by atoms with E-state index in [9.17, 15) is 9.18 Å². The van der Waals surface area contributed by atoms with Crippen LogP contribution in [0.1, 0.15) is 40.3 Å². The fraction of sp³-hybridized carbons (Fsp3) is 0.333. The van der Waals surface area contributed by atoms with Gasteiger partial charge in [0.25, 0.3) is 5.91 Å². The molecule has 27 heavy (non-hydrogen) atoms. The molecule has 0 radical (unpaired) electrons. The zero-order chi connectivity index (χ0) is 18.8. The number of thiazole rings is 1. The summed E-state index contributed by atoms with van der Waals surface area (Å²) in [5, 5.41) is 3.00. The monoisotopic (exact) mass is 381 g/mol. The van der Waals surface area contributed by atoms with Crippen molar-refractivity contribution in [1.82, 2.24) is 9.55 Å². The highest BCUT2D eigenvalue weighted by Gasteiger charge is 2.50. The van der Waals surface area contributed by atoms with Gasteiger partial charge in [-0.1, -0.05) is 12.5 Å². The Morgan fingerprint density at radius 1 is 1.33 bits per heavy atom. The number of benzene rings is 1. The third kappa shape index (κ3) is 2.39. The van der Waals surface area contributed by atoms with Gasteiger partial charge >= 0.3 is 0 Å². The molecular formula is C21H20FN3OS. The summed E-state index contributed by atoms with van der Waals surface area (Å²) in [6.07, 6.45) is 4.92. The summed E-state index contributed by atoms with van der Waals surface area (Å²) in [4.78, 5) is 19.7. The molecule has 0 saturated heterocycles. The van der Waals surface area contributed by atoms with E-state index in [-0.39, 0.29) is 17.1 Å². The number of nitrogens with zero attached hydrogens (tertiary/aromatic N) is 3. The van der Waals surface area contributed by atoms with Crippen molar-refractivity contribution in [3.63, 3.8) is 0 Å². The second kappa shape index (κ2) is 5.76. The van der Waals surface area contributed by atoms with Crippen molar-refractivity contribution in [1.29, 1.82) is 0 Å². The first kappa shape index (κ1) is 16.7. The maximum absolute atomic E-state index is 14.6. The molecule has 1 spiro atoms. The van der Waals surface area contributed by atoms with Gasteiger partial charge in [-0.05, 0) is 38.0 Å². The Morgan fingerprint density at radius 2 is 2.15 bits per heavy atom. The second-order valence-electron chi connectivity index (χ2n) is 7.64. The lowest BCUT2D eigenvalue weighted by molar-refractivity contribution is 0.0971. The first-order valence-corrected chi connectivity index (χ1v) is 10.1. The van der Waals surface area contributed by atoms with Gasteiger partial charge in [0.1, 0.15) is 11.5 Å². The predicted octanol–water partition coefficient (Wildman–Crippen LogP) is 4.68. The van der Waals surface area contributed by atoms with Crippen LogP contribution < -0.4 is 4.90 Å². The van der Waals surface area contributed by atoms with E-state index in [2.05, 4.69) is 4.98 Å². The van der Waals surface area contributed by atoms with Gasteiger partial charge < -0.3 is 9.47 Å². The highest BCUT2D eigenvalue weighted by atomic mass is 32.1. The van der Waals surface area contributed by atoms with Crippen LogP contribution in [0.2, 0.25) is 0 Å². The smallest absolute Gasteiger partial charge is 0.274 e. The molecule has 1 fully saturated rings. The van der Waals surface area contributed by atoms with Gasteiger partial charge in [-0.25, -0.2) is 9.37 Å². The van der Waals surface area contributed by atoms with Crippen LogP contribution in [0.4, 0.5) is 10.1 Å². The zero-order valence-corrected chi connectivity index (χ0v) is 16.1. The van der Waals surface area contributed by atoms with Crippen molar-refractivity contribution in [2.24, 2.45) is 7.05 Å². The molecule has 0 unspecified atom stereocenters. The lowest BCUT2D eigenvalue weighted by atomic mass is 9.65. The normalized spacial score (nSPS) is 17.2. The Labute approximate surface area is 161 Å². The largest absolute Gasteiger partial charge is 0.346 e. The van der Waals surface area contributed by atoms with Gasteiger partial charge in [-0.2, -0.15) is 0 Å². The minimum Gasteiger partial charge on any atom is -0.346 e. The van der Waals surface area contributed by atoms with Crippen LogP contribution in [-0.2, 0) is 12.5 Å². The fourth-order valence-corrected chi connectivity index (χ4v) is 5.10. The van der Waals surface area contributed by atoms with Gasteiger partial charge in [0.15, 0.2) is 0 Å². The number of fused-ring (bicyclic) bond motifs is 2. The van der Waals surface area contributed by atoms with Crippen molar-refractivity contribution in [3.8, 4) is 11.3 Å². The standard InChI is InChI=1S/C21H20FN3OS/c1-13-23-16(11-27-13)14-9-18(24(2)10-14)20(26)25-12-21(7-4-8-21)19-15(22)5-3-6-17(19)25/h3,5-6,9-11H,4,7-8,12H2,1-2H3. The fourth-order valence-electron chi connectivity index (χ4n) is 4.47. The van der Waals surface area contributed by atoms with Crippen LogP contribution >= 0.6 is 11.3 Å². The molecule has 5 rings (SSSR count). The van der Waals surface area contributed by atoms with Gasteiger partial charge in [-0.15, -0.1) is 11.3 Å². The van der Waals surface area contributed by atoms with Crippen LogP contribution in [0.25, 0.3) is 11.3 Å². The average Bonchev–Trinajstić information content (AvgIpc) is 3.29. The SMILES string of the molecule is Cc1nc(-c2cc(C(=O)N3CC4(CCC4)c4c(F)cccc43)n(C)c2)cs1. The molecule has 0 N–H and O–H groups in total. The Bertz CT molecular complexity index is 1060. The van der Waals surface area contributed by atoms with Crippen molar-refractivity contribution in [2.75, 3.05) is 11.4 Å². The topological polar surface area (TPSA) is 38.1 Å². The zero-order valence-electron chi connectivity index (χ0n) is 15.3. The van der Waals surface area contributed by atoms with E-state index in [1.807, 2.05) is 42.2 Å². The molecule has 138 valence electrons. The summed E-state index contributed by atoms with van der Waals surface area (Å²) in [6.45, 7) is 2.54. The van der Waals surface area contributed by atoms with Gasteiger partial charge in [0, 0.05) is 41.7 Å². The lowest BCUT2D eigenvalue weighted by Gasteiger charge is -2.39. The summed E-state index contributed by atoms with van der Waals surface area (Å²) in [7, 11) is 1.87. The highest BCUT2D eigenvalue weighted by molar-refractivity contribution is 7.09. The quantitative estimate of drug-likeness (QED) is 0.647. The summed E-state index contributed by atoms with van der Waals surface area (Å²) in [5.74, 6) is -0.264. The number of carbonyl (C=O) groups excluding carboxylic acids is 1. The predicted molar refractivity (Wildman–Crippen MR) is 105 cm³/mol. The first-order valence-electron chi connectivity index (χ1n) is 9.18. The molecule has 1 aliphatic heterocycles. The third-order valence-corrected chi connectivity index (χ3v) is 6.74. The molecule has 4 nitrogen and oxygen atoms in total. The number of aromatic nitrogens is 2. The molecule has 1 saturated carbocycles. The Morgan fingerprint density at radius 3 is 2.81 bits per heavy atom. The summed E-state index contributed by atoms with van der Waals surface area (Å²) in [6, 6.07) is 6.97. The van der Waals surface area contributed by atoms with Gasteiger partial charge in [-0.3, -0.25) is 4.79 Å². The molecule has 6 heteroatoms. The second-order valence-corrected chi connectivity index (χ2v) is 8.70. The van der Waals surface area contributed by atoms with Crippen LogP contribution in [0.5, 0.6) is 0 Å². The van der Waals surface area contributed by atoms with E-state index in [1.54, 1.807) is 22.3 Å². The van der Waals surface area contributed by atoms with E-state index < -0.39 is 0 Å². The van der Waals surface area contributed by atoms with E-state index in [0.717, 1.165) is 46.8 Å². The number of carbonyl (C=O) groups is 1.